The summed E-state index contributed by atoms with van der Waals surface area (Å²) < 4.78 is 0. The van der Waals surface area contributed by atoms with E-state index < -0.39 is 0 Å². The van der Waals surface area contributed by atoms with Gasteiger partial charge in [0.2, 0.25) is 0 Å². The Labute approximate surface area is 106 Å². The minimum atomic E-state index is -0.0271. The largest absolute Gasteiger partial charge is 0.334 e. The normalized spacial score (nSPS) is 20.4. The van der Waals surface area contributed by atoms with Crippen LogP contribution in [0.25, 0.3) is 0 Å². The molecule has 17 heavy (non-hydrogen) atoms. The van der Waals surface area contributed by atoms with Crippen LogP contribution in [-0.4, -0.2) is 33.4 Å². The first kappa shape index (κ1) is 12.3. The van der Waals surface area contributed by atoms with Gasteiger partial charge >= 0.3 is 0 Å². The van der Waals surface area contributed by atoms with Crippen molar-refractivity contribution >= 4 is 17.5 Å². The van der Waals surface area contributed by atoms with Gasteiger partial charge in [-0.1, -0.05) is 18.5 Å². The molecule has 1 atom stereocenters. The van der Waals surface area contributed by atoms with Crippen LogP contribution in [0.5, 0.6) is 0 Å². The molecule has 0 spiro atoms. The number of likely N-dealkylation sites (tertiary alicyclic amines) is 1. The van der Waals surface area contributed by atoms with Gasteiger partial charge in [-0.2, -0.15) is 0 Å². The molecule has 0 aliphatic carbocycles. The molecule has 0 bridgehead atoms. The van der Waals surface area contributed by atoms with Crippen molar-refractivity contribution in [3.05, 3.63) is 23.2 Å². The van der Waals surface area contributed by atoms with Crippen LogP contribution < -0.4 is 0 Å². The minimum Gasteiger partial charge on any atom is -0.334 e. The molecule has 0 N–H and O–H groups in total. The number of halogens is 1. The van der Waals surface area contributed by atoms with Crippen LogP contribution in [0.4, 0.5) is 0 Å². The van der Waals surface area contributed by atoms with E-state index in [-0.39, 0.29) is 5.91 Å². The Balaban J connectivity index is 2.15. The van der Waals surface area contributed by atoms with E-state index in [4.69, 9.17) is 11.6 Å². The van der Waals surface area contributed by atoms with E-state index in [9.17, 15) is 4.79 Å². The van der Waals surface area contributed by atoms with Crippen molar-refractivity contribution in [2.45, 2.75) is 38.6 Å². The van der Waals surface area contributed by atoms with Crippen molar-refractivity contribution < 1.29 is 4.79 Å². The first-order valence-electron chi connectivity index (χ1n) is 6.01. The maximum absolute atomic E-state index is 12.3. The topological polar surface area (TPSA) is 46.1 Å². The van der Waals surface area contributed by atoms with Crippen molar-refractivity contribution in [3.63, 3.8) is 0 Å². The van der Waals surface area contributed by atoms with Gasteiger partial charge in [0, 0.05) is 12.6 Å². The molecule has 1 saturated heterocycles. The van der Waals surface area contributed by atoms with Gasteiger partial charge in [0.25, 0.3) is 5.91 Å². The predicted molar refractivity (Wildman–Crippen MR) is 66.0 cm³/mol. The minimum absolute atomic E-state index is 0.0271. The second-order valence-corrected chi connectivity index (χ2v) is 4.67. The van der Waals surface area contributed by atoms with Crippen molar-refractivity contribution in [2.75, 3.05) is 6.54 Å². The molecule has 1 aromatic rings. The van der Waals surface area contributed by atoms with E-state index in [1.165, 1.54) is 18.8 Å². The van der Waals surface area contributed by atoms with E-state index in [0.29, 0.717) is 16.9 Å². The Kier molecular flexibility index (Phi) is 3.94. The van der Waals surface area contributed by atoms with Crippen LogP contribution in [-0.2, 0) is 0 Å². The second-order valence-electron chi connectivity index (χ2n) is 4.28. The summed E-state index contributed by atoms with van der Waals surface area (Å²) in [6, 6.07) is 0.341. The summed E-state index contributed by atoms with van der Waals surface area (Å²) in [6.07, 6.45) is 7.22. The molecule has 1 fully saturated rings. The zero-order chi connectivity index (χ0) is 12.3. The van der Waals surface area contributed by atoms with E-state index in [2.05, 4.69) is 16.9 Å². The molecular formula is C12H16ClN3O. The highest BCUT2D eigenvalue weighted by Gasteiger charge is 2.26. The molecule has 92 valence electrons. The first-order chi connectivity index (χ1) is 8.22. The molecule has 0 saturated carbocycles. The fraction of sp³-hybridized carbons (Fsp3) is 0.583. The van der Waals surface area contributed by atoms with Gasteiger partial charge in [0.05, 0.1) is 12.4 Å². The molecule has 0 radical (unpaired) electrons. The predicted octanol–water partition coefficient (Wildman–Crippen LogP) is 2.53. The zero-order valence-corrected chi connectivity index (χ0v) is 10.7. The van der Waals surface area contributed by atoms with Crippen LogP contribution in [0, 0.1) is 0 Å². The van der Waals surface area contributed by atoms with Gasteiger partial charge in [-0.3, -0.25) is 4.79 Å². The molecule has 1 amide bonds. The van der Waals surface area contributed by atoms with E-state index in [1.807, 2.05) is 4.90 Å². The lowest BCUT2D eigenvalue weighted by Gasteiger charge is -2.34. The third kappa shape index (κ3) is 2.75. The highest BCUT2D eigenvalue weighted by molar-refractivity contribution is 6.29. The third-order valence-electron chi connectivity index (χ3n) is 3.20. The number of nitrogens with zero attached hydrogens (tertiary/aromatic N) is 3. The molecule has 1 unspecified atom stereocenters. The molecule has 4 nitrogen and oxygen atoms in total. The smallest absolute Gasteiger partial charge is 0.274 e. The summed E-state index contributed by atoms with van der Waals surface area (Å²) in [5.74, 6) is -0.0271. The zero-order valence-electron chi connectivity index (χ0n) is 9.90. The monoisotopic (exact) mass is 253 g/mol. The molecular weight excluding hydrogens is 238 g/mol. The Hall–Kier alpha value is -1.16. The maximum atomic E-state index is 12.3. The molecule has 5 heteroatoms. The number of carbonyl (C=O) groups excluding carboxylic acids is 1. The van der Waals surface area contributed by atoms with Crippen LogP contribution >= 0.6 is 11.6 Å². The van der Waals surface area contributed by atoms with E-state index >= 15 is 0 Å². The number of rotatable bonds is 2. The summed E-state index contributed by atoms with van der Waals surface area (Å²) in [5.41, 5.74) is 0.384. The van der Waals surface area contributed by atoms with Crippen LogP contribution in [0.2, 0.25) is 5.15 Å². The summed E-state index contributed by atoms with van der Waals surface area (Å²) in [6.45, 7) is 2.94. The van der Waals surface area contributed by atoms with E-state index in [1.54, 1.807) is 0 Å². The van der Waals surface area contributed by atoms with Crippen molar-refractivity contribution in [1.29, 1.82) is 0 Å². The molecule has 1 aromatic heterocycles. The van der Waals surface area contributed by atoms with Crippen LogP contribution in [0.1, 0.15) is 43.1 Å². The first-order valence-corrected chi connectivity index (χ1v) is 6.38. The molecule has 1 aliphatic rings. The average Bonchev–Trinajstić information content (AvgIpc) is 2.39. The number of piperidine rings is 1. The maximum Gasteiger partial charge on any atom is 0.274 e. The quantitative estimate of drug-likeness (QED) is 0.814. The number of aromatic nitrogens is 2. The second kappa shape index (κ2) is 5.45. The van der Waals surface area contributed by atoms with Gasteiger partial charge < -0.3 is 4.90 Å². The van der Waals surface area contributed by atoms with Crippen molar-refractivity contribution in [2.24, 2.45) is 0 Å². The van der Waals surface area contributed by atoms with Crippen molar-refractivity contribution in [3.8, 4) is 0 Å². The lowest BCUT2D eigenvalue weighted by Crippen LogP contribution is -2.43. The summed E-state index contributed by atoms with van der Waals surface area (Å²) in [4.78, 5) is 22.1. The number of amides is 1. The van der Waals surface area contributed by atoms with E-state index in [0.717, 1.165) is 25.8 Å². The number of hydrogen-bond acceptors (Lipinski definition) is 3. The third-order valence-corrected chi connectivity index (χ3v) is 3.39. The van der Waals surface area contributed by atoms with Gasteiger partial charge in [-0.15, -0.1) is 0 Å². The lowest BCUT2D eigenvalue weighted by molar-refractivity contribution is 0.0601. The van der Waals surface area contributed by atoms with Gasteiger partial charge in [-0.05, 0) is 25.7 Å². The molecule has 0 aromatic carbocycles. The Bertz CT molecular complexity index is 393. The Morgan fingerprint density at radius 1 is 1.47 bits per heavy atom. The van der Waals surface area contributed by atoms with Crippen molar-refractivity contribution in [1.82, 2.24) is 14.9 Å². The number of carbonyl (C=O) groups is 1. The Morgan fingerprint density at radius 2 is 2.29 bits per heavy atom. The highest BCUT2D eigenvalue weighted by atomic mass is 35.5. The summed E-state index contributed by atoms with van der Waals surface area (Å²) in [7, 11) is 0. The van der Waals surface area contributed by atoms with Crippen LogP contribution in [0.3, 0.4) is 0 Å². The molecule has 2 rings (SSSR count). The number of hydrogen-bond donors (Lipinski definition) is 0. The Morgan fingerprint density at radius 3 is 2.94 bits per heavy atom. The SMILES string of the molecule is CCC1CCCCN1C(=O)c1cnc(Cl)cn1. The average molecular weight is 254 g/mol. The van der Waals surface area contributed by atoms with Gasteiger partial charge in [-0.25, -0.2) is 9.97 Å². The summed E-state index contributed by atoms with van der Waals surface area (Å²) >= 11 is 5.66. The van der Waals surface area contributed by atoms with Gasteiger partial charge in [0.1, 0.15) is 10.8 Å². The molecule has 2 heterocycles. The standard InChI is InChI=1S/C12H16ClN3O/c1-2-9-5-3-4-6-16(9)12(17)10-7-15-11(13)8-14-10/h7-9H,2-6H2,1H3. The fourth-order valence-electron chi connectivity index (χ4n) is 2.26. The molecule has 1 aliphatic heterocycles. The lowest BCUT2D eigenvalue weighted by atomic mass is 10.00. The highest BCUT2D eigenvalue weighted by Crippen LogP contribution is 2.21. The summed E-state index contributed by atoms with van der Waals surface area (Å²) in [5, 5.41) is 0.312. The van der Waals surface area contributed by atoms with Gasteiger partial charge in [0.15, 0.2) is 0 Å². The van der Waals surface area contributed by atoms with Crippen LogP contribution in [0.15, 0.2) is 12.4 Å². The fourth-order valence-corrected chi connectivity index (χ4v) is 2.36.